The van der Waals surface area contributed by atoms with E-state index in [1.807, 2.05) is 63.1 Å². The van der Waals surface area contributed by atoms with E-state index in [4.69, 9.17) is 0 Å². The van der Waals surface area contributed by atoms with Crippen LogP contribution in [0.15, 0.2) is 60.8 Å². The Morgan fingerprint density at radius 2 is 1.73 bits per heavy atom. The molecule has 0 atom stereocenters. The van der Waals surface area contributed by atoms with E-state index in [1.54, 1.807) is 23.1 Å². The summed E-state index contributed by atoms with van der Waals surface area (Å²) in [5.41, 5.74) is 1.91. The molecule has 0 fully saturated rings. The number of hydrogen-bond donors (Lipinski definition) is 0. The number of anilines is 1. The Labute approximate surface area is 177 Å². The first kappa shape index (κ1) is 21.4. The lowest BCUT2D eigenvalue weighted by atomic mass is 10.0. The van der Waals surface area contributed by atoms with Gasteiger partial charge >= 0.3 is 0 Å². The van der Waals surface area contributed by atoms with Crippen molar-refractivity contribution in [1.82, 2.24) is 14.9 Å². The number of amides is 1. The van der Waals surface area contributed by atoms with Crippen molar-refractivity contribution in [2.75, 3.05) is 18.5 Å². The highest BCUT2D eigenvalue weighted by Crippen LogP contribution is 2.27. The number of halogens is 1. The molecule has 0 saturated heterocycles. The van der Waals surface area contributed by atoms with Crippen LogP contribution >= 0.6 is 0 Å². The summed E-state index contributed by atoms with van der Waals surface area (Å²) in [6.45, 7) is 7.04. The quantitative estimate of drug-likeness (QED) is 0.566. The number of benzene rings is 2. The fourth-order valence-electron chi connectivity index (χ4n) is 3.14. The summed E-state index contributed by atoms with van der Waals surface area (Å²) in [5, 5.41) is 0. The first-order valence-electron chi connectivity index (χ1n) is 10.1. The van der Waals surface area contributed by atoms with Crippen LogP contribution in [0.3, 0.4) is 0 Å². The number of carbonyl (C=O) groups excluding carboxylic acids is 1. The number of carbonyl (C=O) groups is 1. The SMILES string of the molecule is CCN(C)c1ncc(C(=O)N(Cc2ccccc2)C(C)C)c(-c2ccccc2F)n1. The van der Waals surface area contributed by atoms with E-state index in [0.29, 0.717) is 24.7 Å². The maximum Gasteiger partial charge on any atom is 0.258 e. The molecule has 0 unspecified atom stereocenters. The predicted molar refractivity (Wildman–Crippen MR) is 118 cm³/mol. The fourth-order valence-corrected chi connectivity index (χ4v) is 3.14. The molecule has 6 heteroatoms. The van der Waals surface area contributed by atoms with Gasteiger partial charge in [0.15, 0.2) is 0 Å². The lowest BCUT2D eigenvalue weighted by molar-refractivity contribution is 0.0690. The van der Waals surface area contributed by atoms with Crippen LogP contribution in [0.4, 0.5) is 10.3 Å². The molecule has 0 N–H and O–H groups in total. The largest absolute Gasteiger partial charge is 0.344 e. The number of aromatic nitrogens is 2. The van der Waals surface area contributed by atoms with Gasteiger partial charge in [-0.1, -0.05) is 42.5 Å². The van der Waals surface area contributed by atoms with Gasteiger partial charge in [-0.05, 0) is 38.5 Å². The summed E-state index contributed by atoms with van der Waals surface area (Å²) in [4.78, 5) is 26.1. The van der Waals surface area contributed by atoms with Crippen molar-refractivity contribution < 1.29 is 9.18 Å². The molecule has 2 aromatic carbocycles. The molecular formula is C24H27FN4O. The number of nitrogens with zero attached hydrogens (tertiary/aromatic N) is 4. The third-order valence-electron chi connectivity index (χ3n) is 5.03. The minimum Gasteiger partial charge on any atom is -0.344 e. The summed E-state index contributed by atoms with van der Waals surface area (Å²) in [7, 11) is 1.86. The molecule has 5 nitrogen and oxygen atoms in total. The number of hydrogen-bond acceptors (Lipinski definition) is 4. The molecule has 0 aliphatic rings. The average Bonchev–Trinajstić information content (AvgIpc) is 2.77. The minimum atomic E-state index is -0.422. The van der Waals surface area contributed by atoms with Gasteiger partial charge in [-0.15, -0.1) is 0 Å². The van der Waals surface area contributed by atoms with Gasteiger partial charge < -0.3 is 9.80 Å². The molecule has 1 amide bonds. The molecule has 3 aromatic rings. The monoisotopic (exact) mass is 406 g/mol. The lowest BCUT2D eigenvalue weighted by Gasteiger charge is -2.28. The molecule has 0 bridgehead atoms. The van der Waals surface area contributed by atoms with E-state index in [9.17, 15) is 9.18 Å². The van der Waals surface area contributed by atoms with Crippen molar-refractivity contribution in [3.05, 3.63) is 77.7 Å². The Morgan fingerprint density at radius 3 is 2.37 bits per heavy atom. The van der Waals surface area contributed by atoms with Crippen molar-refractivity contribution in [3.63, 3.8) is 0 Å². The molecule has 0 aliphatic heterocycles. The summed E-state index contributed by atoms with van der Waals surface area (Å²) < 4.78 is 14.6. The normalized spacial score (nSPS) is 10.9. The second-order valence-corrected chi connectivity index (χ2v) is 7.44. The van der Waals surface area contributed by atoms with E-state index in [1.165, 1.54) is 12.3 Å². The van der Waals surface area contributed by atoms with Gasteiger partial charge in [0.2, 0.25) is 5.95 Å². The first-order valence-corrected chi connectivity index (χ1v) is 10.1. The summed E-state index contributed by atoms with van der Waals surface area (Å²) >= 11 is 0. The number of rotatable bonds is 7. The van der Waals surface area contributed by atoms with Gasteiger partial charge in [0.25, 0.3) is 5.91 Å². The highest BCUT2D eigenvalue weighted by molar-refractivity contribution is 6.00. The lowest BCUT2D eigenvalue weighted by Crippen LogP contribution is -2.37. The standard InChI is InChI=1S/C24H27FN4O/c1-5-28(4)24-26-15-20(22(27-24)19-13-9-10-14-21(19)25)23(30)29(17(2)3)16-18-11-7-6-8-12-18/h6-15,17H,5,16H2,1-4H3. The zero-order valence-corrected chi connectivity index (χ0v) is 17.8. The Bertz CT molecular complexity index is 1010. The zero-order chi connectivity index (χ0) is 21.7. The van der Waals surface area contributed by atoms with Gasteiger partial charge in [0.05, 0.1) is 11.3 Å². The Hall–Kier alpha value is -3.28. The molecule has 0 radical (unpaired) electrons. The third-order valence-corrected chi connectivity index (χ3v) is 5.03. The van der Waals surface area contributed by atoms with Crippen LogP contribution in [0.2, 0.25) is 0 Å². The Balaban J connectivity index is 2.08. The van der Waals surface area contributed by atoms with Crippen molar-refractivity contribution in [3.8, 4) is 11.3 Å². The maximum atomic E-state index is 14.6. The van der Waals surface area contributed by atoms with Crippen molar-refractivity contribution >= 4 is 11.9 Å². The highest BCUT2D eigenvalue weighted by Gasteiger charge is 2.25. The zero-order valence-electron chi connectivity index (χ0n) is 17.8. The van der Waals surface area contributed by atoms with Crippen molar-refractivity contribution in [1.29, 1.82) is 0 Å². The molecule has 156 valence electrons. The molecule has 30 heavy (non-hydrogen) atoms. The van der Waals surface area contributed by atoms with Gasteiger partial charge in [0.1, 0.15) is 5.82 Å². The second kappa shape index (κ2) is 9.48. The predicted octanol–water partition coefficient (Wildman–Crippen LogP) is 4.79. The molecule has 0 saturated carbocycles. The van der Waals surface area contributed by atoms with Crippen LogP contribution in [0.25, 0.3) is 11.3 Å². The maximum absolute atomic E-state index is 14.6. The summed E-state index contributed by atoms with van der Waals surface area (Å²) in [6, 6.07) is 16.1. The molecule has 1 heterocycles. The van der Waals surface area contributed by atoms with Crippen LogP contribution in [0, 0.1) is 5.82 Å². The van der Waals surface area contributed by atoms with Crippen molar-refractivity contribution in [2.45, 2.75) is 33.4 Å². The Morgan fingerprint density at radius 1 is 1.07 bits per heavy atom. The van der Waals surface area contributed by atoms with Crippen LogP contribution in [-0.2, 0) is 6.54 Å². The van der Waals surface area contributed by atoms with Crippen LogP contribution in [0.5, 0.6) is 0 Å². The van der Waals surface area contributed by atoms with Gasteiger partial charge in [-0.3, -0.25) is 4.79 Å². The smallest absolute Gasteiger partial charge is 0.258 e. The van der Waals surface area contributed by atoms with Crippen LogP contribution < -0.4 is 4.90 Å². The summed E-state index contributed by atoms with van der Waals surface area (Å²) in [5.74, 6) is -0.196. The van der Waals surface area contributed by atoms with Gasteiger partial charge in [0, 0.05) is 37.9 Å². The second-order valence-electron chi connectivity index (χ2n) is 7.44. The molecule has 0 spiro atoms. The summed E-state index contributed by atoms with van der Waals surface area (Å²) in [6.07, 6.45) is 1.51. The topological polar surface area (TPSA) is 49.3 Å². The molecule has 1 aromatic heterocycles. The fraction of sp³-hybridized carbons (Fsp3) is 0.292. The van der Waals surface area contributed by atoms with E-state index in [2.05, 4.69) is 9.97 Å². The average molecular weight is 407 g/mol. The van der Waals surface area contributed by atoms with E-state index < -0.39 is 5.82 Å². The molecule has 3 rings (SSSR count). The van der Waals surface area contributed by atoms with E-state index in [0.717, 1.165) is 5.56 Å². The van der Waals surface area contributed by atoms with E-state index >= 15 is 0 Å². The highest BCUT2D eigenvalue weighted by atomic mass is 19.1. The first-order chi connectivity index (χ1) is 14.4. The molecule has 0 aliphatic carbocycles. The minimum absolute atomic E-state index is 0.0517. The van der Waals surface area contributed by atoms with E-state index in [-0.39, 0.29) is 23.1 Å². The van der Waals surface area contributed by atoms with Gasteiger partial charge in [-0.2, -0.15) is 0 Å². The van der Waals surface area contributed by atoms with Crippen LogP contribution in [0.1, 0.15) is 36.7 Å². The Kier molecular flexibility index (Phi) is 6.77. The van der Waals surface area contributed by atoms with Crippen LogP contribution in [-0.4, -0.2) is 40.4 Å². The third kappa shape index (κ3) is 4.64. The van der Waals surface area contributed by atoms with Crippen molar-refractivity contribution in [2.24, 2.45) is 0 Å². The van der Waals surface area contributed by atoms with Gasteiger partial charge in [-0.25, -0.2) is 14.4 Å². The molecular weight excluding hydrogens is 379 g/mol.